The standard InChI is InChI=1S/C10H13NO2/c1-8-4-2-3-5-9(8)10(13)11-6-7-12/h2-5,12H,6-7H2,1H3,(H,11,13). The van der Waals surface area contributed by atoms with Gasteiger partial charge in [-0.25, -0.2) is 0 Å². The number of hydrogen-bond donors (Lipinski definition) is 2. The van der Waals surface area contributed by atoms with Gasteiger partial charge in [0.15, 0.2) is 0 Å². The number of rotatable bonds is 3. The van der Waals surface area contributed by atoms with Crippen LogP contribution in [0.2, 0.25) is 0 Å². The minimum absolute atomic E-state index is 0.0301. The maximum atomic E-state index is 11.4. The van der Waals surface area contributed by atoms with E-state index in [0.717, 1.165) is 5.56 Å². The molecule has 0 fully saturated rings. The van der Waals surface area contributed by atoms with Crippen LogP contribution in [0.5, 0.6) is 0 Å². The van der Waals surface area contributed by atoms with Gasteiger partial charge in [0.1, 0.15) is 0 Å². The van der Waals surface area contributed by atoms with Crippen LogP contribution in [0.4, 0.5) is 0 Å². The highest BCUT2D eigenvalue weighted by Gasteiger charge is 2.05. The van der Waals surface area contributed by atoms with Crippen LogP contribution in [0, 0.1) is 6.92 Å². The predicted octanol–water partition coefficient (Wildman–Crippen LogP) is 0.717. The smallest absolute Gasteiger partial charge is 0.251 e. The van der Waals surface area contributed by atoms with Crippen molar-refractivity contribution < 1.29 is 9.90 Å². The van der Waals surface area contributed by atoms with Gasteiger partial charge < -0.3 is 10.4 Å². The minimum atomic E-state index is -0.132. The molecule has 0 aliphatic rings. The maximum Gasteiger partial charge on any atom is 0.251 e. The molecule has 0 unspecified atom stereocenters. The Morgan fingerprint density at radius 2 is 2.15 bits per heavy atom. The largest absolute Gasteiger partial charge is 0.395 e. The van der Waals surface area contributed by atoms with Gasteiger partial charge in [-0.1, -0.05) is 18.2 Å². The number of amides is 1. The summed E-state index contributed by atoms with van der Waals surface area (Å²) in [6.45, 7) is 2.15. The van der Waals surface area contributed by atoms with Crippen molar-refractivity contribution in [2.75, 3.05) is 13.2 Å². The van der Waals surface area contributed by atoms with E-state index in [0.29, 0.717) is 12.1 Å². The highest BCUT2D eigenvalue weighted by molar-refractivity contribution is 5.95. The lowest BCUT2D eigenvalue weighted by atomic mass is 10.1. The molecule has 1 aromatic rings. The summed E-state index contributed by atoms with van der Waals surface area (Å²) in [6, 6.07) is 7.36. The molecule has 3 nitrogen and oxygen atoms in total. The lowest BCUT2D eigenvalue weighted by Crippen LogP contribution is -2.26. The fraction of sp³-hybridized carbons (Fsp3) is 0.300. The molecule has 2 N–H and O–H groups in total. The Morgan fingerprint density at radius 3 is 2.77 bits per heavy atom. The Bertz CT molecular complexity index is 297. The molecule has 0 saturated heterocycles. The van der Waals surface area contributed by atoms with Crippen molar-refractivity contribution in [3.05, 3.63) is 35.4 Å². The Kier molecular flexibility index (Phi) is 3.46. The first-order valence-electron chi connectivity index (χ1n) is 4.20. The fourth-order valence-electron chi connectivity index (χ4n) is 1.09. The fourth-order valence-corrected chi connectivity index (χ4v) is 1.09. The summed E-state index contributed by atoms with van der Waals surface area (Å²) < 4.78 is 0. The van der Waals surface area contributed by atoms with Crippen LogP contribution in [-0.2, 0) is 0 Å². The zero-order chi connectivity index (χ0) is 9.68. The van der Waals surface area contributed by atoms with Crippen molar-refractivity contribution in [1.82, 2.24) is 5.32 Å². The Hall–Kier alpha value is -1.35. The molecule has 1 amide bonds. The monoisotopic (exact) mass is 179 g/mol. The Labute approximate surface area is 77.4 Å². The number of aryl methyl sites for hydroxylation is 1. The van der Waals surface area contributed by atoms with Crippen molar-refractivity contribution >= 4 is 5.91 Å². The average Bonchev–Trinajstić information content (AvgIpc) is 2.15. The normalized spacial score (nSPS) is 9.69. The third-order valence-corrected chi connectivity index (χ3v) is 1.79. The van der Waals surface area contributed by atoms with Gasteiger partial charge in [0.25, 0.3) is 5.91 Å². The molecule has 13 heavy (non-hydrogen) atoms. The summed E-state index contributed by atoms with van der Waals surface area (Å²) in [5.41, 5.74) is 1.61. The predicted molar refractivity (Wildman–Crippen MR) is 50.6 cm³/mol. The van der Waals surface area contributed by atoms with Gasteiger partial charge in [-0.15, -0.1) is 0 Å². The van der Waals surface area contributed by atoms with Crippen LogP contribution in [0.25, 0.3) is 0 Å². The molecule has 0 bridgehead atoms. The van der Waals surface area contributed by atoms with Crippen molar-refractivity contribution in [2.45, 2.75) is 6.92 Å². The molecular formula is C10H13NO2. The summed E-state index contributed by atoms with van der Waals surface area (Å²) in [5.74, 6) is -0.132. The first-order chi connectivity index (χ1) is 6.25. The first-order valence-corrected chi connectivity index (χ1v) is 4.20. The van der Waals surface area contributed by atoms with E-state index in [9.17, 15) is 4.79 Å². The van der Waals surface area contributed by atoms with Crippen LogP contribution in [-0.4, -0.2) is 24.2 Å². The zero-order valence-electron chi connectivity index (χ0n) is 7.58. The SMILES string of the molecule is Cc1ccccc1C(=O)NCCO. The van der Waals surface area contributed by atoms with Crippen molar-refractivity contribution in [1.29, 1.82) is 0 Å². The Morgan fingerprint density at radius 1 is 1.46 bits per heavy atom. The number of nitrogens with one attached hydrogen (secondary N) is 1. The van der Waals surface area contributed by atoms with Crippen LogP contribution in [0.3, 0.4) is 0 Å². The summed E-state index contributed by atoms with van der Waals surface area (Å²) in [6.07, 6.45) is 0. The maximum absolute atomic E-state index is 11.4. The average molecular weight is 179 g/mol. The number of benzene rings is 1. The van der Waals surface area contributed by atoms with Crippen molar-refractivity contribution in [3.8, 4) is 0 Å². The molecule has 0 aliphatic carbocycles. The van der Waals surface area contributed by atoms with Gasteiger partial charge in [-0.2, -0.15) is 0 Å². The molecule has 0 aliphatic heterocycles. The lowest BCUT2D eigenvalue weighted by Gasteiger charge is -2.05. The van der Waals surface area contributed by atoms with Crippen LogP contribution >= 0.6 is 0 Å². The third kappa shape index (κ3) is 2.56. The van der Waals surface area contributed by atoms with Crippen LogP contribution < -0.4 is 5.32 Å². The molecule has 1 rings (SSSR count). The molecule has 0 radical (unpaired) electrons. The van der Waals surface area contributed by atoms with E-state index >= 15 is 0 Å². The zero-order valence-corrected chi connectivity index (χ0v) is 7.58. The molecule has 3 heteroatoms. The van der Waals surface area contributed by atoms with Gasteiger partial charge >= 0.3 is 0 Å². The molecule has 1 aromatic carbocycles. The highest BCUT2D eigenvalue weighted by Crippen LogP contribution is 2.05. The van der Waals surface area contributed by atoms with Crippen molar-refractivity contribution in [2.24, 2.45) is 0 Å². The quantitative estimate of drug-likeness (QED) is 0.718. The second kappa shape index (κ2) is 4.62. The third-order valence-electron chi connectivity index (χ3n) is 1.79. The number of carbonyl (C=O) groups excluding carboxylic acids is 1. The van der Waals surface area contributed by atoms with E-state index in [4.69, 9.17) is 5.11 Å². The number of aliphatic hydroxyl groups is 1. The Balaban J connectivity index is 2.71. The van der Waals surface area contributed by atoms with Gasteiger partial charge in [0.2, 0.25) is 0 Å². The molecule has 0 spiro atoms. The highest BCUT2D eigenvalue weighted by atomic mass is 16.3. The molecular weight excluding hydrogens is 166 g/mol. The molecule has 0 heterocycles. The second-order valence-electron chi connectivity index (χ2n) is 2.79. The molecule has 0 aromatic heterocycles. The van der Waals surface area contributed by atoms with Gasteiger partial charge in [-0.05, 0) is 18.6 Å². The van der Waals surface area contributed by atoms with E-state index < -0.39 is 0 Å². The number of aliphatic hydroxyl groups excluding tert-OH is 1. The summed E-state index contributed by atoms with van der Waals surface area (Å²) in [4.78, 5) is 11.4. The van der Waals surface area contributed by atoms with Crippen molar-refractivity contribution in [3.63, 3.8) is 0 Å². The topological polar surface area (TPSA) is 49.3 Å². The number of hydrogen-bond acceptors (Lipinski definition) is 2. The molecule has 70 valence electrons. The molecule has 0 saturated carbocycles. The van der Waals surface area contributed by atoms with E-state index in [2.05, 4.69) is 5.32 Å². The summed E-state index contributed by atoms with van der Waals surface area (Å²) in [5, 5.41) is 11.1. The summed E-state index contributed by atoms with van der Waals surface area (Å²) in [7, 11) is 0. The van der Waals surface area contributed by atoms with E-state index in [1.165, 1.54) is 0 Å². The van der Waals surface area contributed by atoms with Gasteiger partial charge in [-0.3, -0.25) is 4.79 Å². The lowest BCUT2D eigenvalue weighted by molar-refractivity contribution is 0.0944. The second-order valence-corrected chi connectivity index (χ2v) is 2.79. The van der Waals surface area contributed by atoms with E-state index in [-0.39, 0.29) is 12.5 Å². The van der Waals surface area contributed by atoms with E-state index in [1.54, 1.807) is 6.07 Å². The first kappa shape index (κ1) is 9.74. The van der Waals surface area contributed by atoms with Crippen LogP contribution in [0.1, 0.15) is 15.9 Å². The minimum Gasteiger partial charge on any atom is -0.395 e. The summed E-state index contributed by atoms with van der Waals surface area (Å²) >= 11 is 0. The van der Waals surface area contributed by atoms with Gasteiger partial charge in [0, 0.05) is 12.1 Å². The van der Waals surface area contributed by atoms with E-state index in [1.807, 2.05) is 25.1 Å². The van der Waals surface area contributed by atoms with Gasteiger partial charge in [0.05, 0.1) is 6.61 Å². The molecule has 0 atom stereocenters. The van der Waals surface area contributed by atoms with Crippen LogP contribution in [0.15, 0.2) is 24.3 Å². The number of carbonyl (C=O) groups is 1.